The van der Waals surface area contributed by atoms with E-state index in [2.05, 4.69) is 41.0 Å². The van der Waals surface area contributed by atoms with E-state index >= 15 is 0 Å². The van der Waals surface area contributed by atoms with E-state index in [4.69, 9.17) is 9.47 Å². The van der Waals surface area contributed by atoms with E-state index in [0.29, 0.717) is 12.3 Å². The van der Waals surface area contributed by atoms with Crippen LogP contribution in [0.25, 0.3) is 0 Å². The molecule has 3 rings (SSSR count). The highest BCUT2D eigenvalue weighted by atomic mass is 35.5. The number of rotatable bonds is 7. The van der Waals surface area contributed by atoms with Gasteiger partial charge in [0.1, 0.15) is 24.2 Å². The summed E-state index contributed by atoms with van der Waals surface area (Å²) in [5, 5.41) is 10.3. The van der Waals surface area contributed by atoms with Crippen LogP contribution in [0.3, 0.4) is 0 Å². The van der Waals surface area contributed by atoms with Crippen molar-refractivity contribution in [2.75, 3.05) is 51.3 Å². The molecule has 6 heteroatoms. The average Bonchev–Trinajstić information content (AvgIpc) is 2.68. The first-order chi connectivity index (χ1) is 12.7. The van der Waals surface area contributed by atoms with E-state index in [1.807, 2.05) is 24.3 Å². The maximum atomic E-state index is 10.3. The number of ether oxygens (including phenoxy) is 2. The molecule has 1 aliphatic heterocycles. The number of para-hydroxylation sites is 1. The van der Waals surface area contributed by atoms with Crippen molar-refractivity contribution in [3.8, 4) is 11.5 Å². The third kappa shape index (κ3) is 6.03. The van der Waals surface area contributed by atoms with Crippen molar-refractivity contribution in [2.24, 2.45) is 0 Å². The summed E-state index contributed by atoms with van der Waals surface area (Å²) in [5.74, 6) is 1.47. The molecule has 148 valence electrons. The number of anilines is 1. The van der Waals surface area contributed by atoms with Crippen LogP contribution >= 0.6 is 12.4 Å². The standard InChI is InChI=1S/C21H28N2O3.ClH/c1-17-6-3-4-9-21(17)23-12-10-22(11-13-23)15-18(24)16-26-20-8-5-7-19(14-20)25-2;/h3-9,14,18,24H,10-13,15-16H2,1-2H3;1H. The lowest BCUT2D eigenvalue weighted by atomic mass is 10.1. The van der Waals surface area contributed by atoms with Crippen LogP contribution in [0.1, 0.15) is 5.56 Å². The summed E-state index contributed by atoms with van der Waals surface area (Å²) in [6.07, 6.45) is -0.508. The molecule has 2 aromatic carbocycles. The Labute approximate surface area is 167 Å². The second kappa shape index (κ2) is 10.4. The van der Waals surface area contributed by atoms with Gasteiger partial charge in [-0.1, -0.05) is 24.3 Å². The Morgan fingerprint density at radius 2 is 1.70 bits per heavy atom. The number of aliphatic hydroxyl groups excluding tert-OH is 1. The summed E-state index contributed by atoms with van der Waals surface area (Å²) in [5.41, 5.74) is 2.63. The molecule has 1 N–H and O–H groups in total. The number of methoxy groups -OCH3 is 1. The molecule has 1 saturated heterocycles. The number of aliphatic hydroxyl groups is 1. The number of β-amino-alcohol motifs (C(OH)–C–C–N with tert-alkyl or cyclic N) is 1. The zero-order valence-corrected chi connectivity index (χ0v) is 16.8. The number of piperazine rings is 1. The van der Waals surface area contributed by atoms with Crippen molar-refractivity contribution in [3.05, 3.63) is 54.1 Å². The minimum atomic E-state index is -0.508. The van der Waals surface area contributed by atoms with Gasteiger partial charge in [-0.25, -0.2) is 0 Å². The van der Waals surface area contributed by atoms with E-state index < -0.39 is 6.10 Å². The van der Waals surface area contributed by atoms with Gasteiger partial charge in [-0.15, -0.1) is 12.4 Å². The zero-order valence-electron chi connectivity index (χ0n) is 16.0. The van der Waals surface area contributed by atoms with Crippen LogP contribution in [0.5, 0.6) is 11.5 Å². The van der Waals surface area contributed by atoms with E-state index in [1.54, 1.807) is 7.11 Å². The monoisotopic (exact) mass is 392 g/mol. The lowest BCUT2D eigenvalue weighted by molar-refractivity contribution is 0.0662. The first kappa shape index (κ1) is 21.4. The summed E-state index contributed by atoms with van der Waals surface area (Å²) in [6, 6.07) is 16.0. The molecule has 2 aromatic rings. The van der Waals surface area contributed by atoms with Crippen molar-refractivity contribution in [1.29, 1.82) is 0 Å². The summed E-state index contributed by atoms with van der Waals surface area (Å²) >= 11 is 0. The van der Waals surface area contributed by atoms with Gasteiger partial charge in [-0.05, 0) is 30.7 Å². The molecule has 0 aromatic heterocycles. The third-order valence-corrected chi connectivity index (χ3v) is 4.78. The minimum absolute atomic E-state index is 0. The highest BCUT2D eigenvalue weighted by Crippen LogP contribution is 2.21. The highest BCUT2D eigenvalue weighted by molar-refractivity contribution is 5.85. The topological polar surface area (TPSA) is 45.2 Å². The lowest BCUT2D eigenvalue weighted by Gasteiger charge is -2.37. The van der Waals surface area contributed by atoms with Gasteiger partial charge in [0, 0.05) is 44.5 Å². The van der Waals surface area contributed by atoms with E-state index in [0.717, 1.165) is 31.9 Å². The second-order valence-electron chi connectivity index (χ2n) is 6.72. The SMILES string of the molecule is COc1cccc(OCC(O)CN2CCN(c3ccccc3C)CC2)c1.Cl. The van der Waals surface area contributed by atoms with Crippen molar-refractivity contribution < 1.29 is 14.6 Å². The number of nitrogens with zero attached hydrogens (tertiary/aromatic N) is 2. The van der Waals surface area contributed by atoms with Gasteiger partial charge in [0.25, 0.3) is 0 Å². The molecular weight excluding hydrogens is 364 g/mol. The van der Waals surface area contributed by atoms with E-state index in [-0.39, 0.29) is 19.0 Å². The second-order valence-corrected chi connectivity index (χ2v) is 6.72. The van der Waals surface area contributed by atoms with Gasteiger partial charge in [-0.3, -0.25) is 4.90 Å². The summed E-state index contributed by atoms with van der Waals surface area (Å²) in [6.45, 7) is 6.93. The van der Waals surface area contributed by atoms with Gasteiger partial charge in [0.05, 0.1) is 7.11 Å². The Bertz CT molecular complexity index is 705. The smallest absolute Gasteiger partial charge is 0.123 e. The predicted octanol–water partition coefficient (Wildman–Crippen LogP) is 2.99. The molecule has 0 saturated carbocycles. The fourth-order valence-electron chi connectivity index (χ4n) is 3.32. The molecular formula is C21H29ClN2O3. The molecule has 0 spiro atoms. The Kier molecular flexibility index (Phi) is 8.23. The van der Waals surface area contributed by atoms with Crippen LogP contribution in [-0.4, -0.2) is 62.6 Å². The van der Waals surface area contributed by atoms with E-state index in [9.17, 15) is 5.11 Å². The van der Waals surface area contributed by atoms with Crippen molar-refractivity contribution >= 4 is 18.1 Å². The Hall–Kier alpha value is -1.95. The van der Waals surface area contributed by atoms with Crippen LogP contribution in [0.2, 0.25) is 0 Å². The lowest BCUT2D eigenvalue weighted by Crippen LogP contribution is -2.49. The average molecular weight is 393 g/mol. The highest BCUT2D eigenvalue weighted by Gasteiger charge is 2.20. The summed E-state index contributed by atoms with van der Waals surface area (Å²) in [7, 11) is 1.63. The number of hydrogen-bond donors (Lipinski definition) is 1. The largest absolute Gasteiger partial charge is 0.497 e. The number of halogens is 1. The third-order valence-electron chi connectivity index (χ3n) is 4.78. The molecule has 1 unspecified atom stereocenters. The number of hydrogen-bond acceptors (Lipinski definition) is 5. The van der Waals surface area contributed by atoms with Crippen molar-refractivity contribution in [3.63, 3.8) is 0 Å². The maximum absolute atomic E-state index is 10.3. The predicted molar refractivity (Wildman–Crippen MR) is 112 cm³/mol. The minimum Gasteiger partial charge on any atom is -0.497 e. The normalized spacial score (nSPS) is 15.7. The molecule has 1 heterocycles. The maximum Gasteiger partial charge on any atom is 0.123 e. The molecule has 0 amide bonds. The van der Waals surface area contributed by atoms with Crippen LogP contribution in [0.15, 0.2) is 48.5 Å². The Balaban J connectivity index is 0.00000261. The summed E-state index contributed by atoms with van der Waals surface area (Å²) in [4.78, 5) is 4.72. The van der Waals surface area contributed by atoms with Gasteiger partial charge in [0.15, 0.2) is 0 Å². The van der Waals surface area contributed by atoms with Gasteiger partial charge >= 0.3 is 0 Å². The molecule has 5 nitrogen and oxygen atoms in total. The molecule has 0 bridgehead atoms. The van der Waals surface area contributed by atoms with Crippen molar-refractivity contribution in [2.45, 2.75) is 13.0 Å². The van der Waals surface area contributed by atoms with Crippen LogP contribution < -0.4 is 14.4 Å². The zero-order chi connectivity index (χ0) is 18.4. The van der Waals surface area contributed by atoms with Crippen LogP contribution in [0, 0.1) is 6.92 Å². The van der Waals surface area contributed by atoms with Crippen molar-refractivity contribution in [1.82, 2.24) is 4.90 Å². The first-order valence-corrected chi connectivity index (χ1v) is 9.13. The number of benzene rings is 2. The fraction of sp³-hybridized carbons (Fsp3) is 0.429. The fourth-order valence-corrected chi connectivity index (χ4v) is 3.32. The first-order valence-electron chi connectivity index (χ1n) is 9.13. The van der Waals surface area contributed by atoms with Crippen LogP contribution in [0.4, 0.5) is 5.69 Å². The van der Waals surface area contributed by atoms with Gasteiger partial charge in [0.2, 0.25) is 0 Å². The molecule has 27 heavy (non-hydrogen) atoms. The Morgan fingerprint density at radius 3 is 2.41 bits per heavy atom. The molecule has 1 fully saturated rings. The van der Waals surface area contributed by atoms with E-state index in [1.165, 1.54) is 11.3 Å². The summed E-state index contributed by atoms with van der Waals surface area (Å²) < 4.78 is 10.9. The Morgan fingerprint density at radius 1 is 1.00 bits per heavy atom. The molecule has 1 aliphatic rings. The number of aryl methyl sites for hydroxylation is 1. The van der Waals surface area contributed by atoms with Crippen LogP contribution in [-0.2, 0) is 0 Å². The molecule has 0 aliphatic carbocycles. The molecule has 1 atom stereocenters. The molecule has 0 radical (unpaired) electrons. The van der Waals surface area contributed by atoms with Gasteiger partial charge in [-0.2, -0.15) is 0 Å². The van der Waals surface area contributed by atoms with Gasteiger partial charge < -0.3 is 19.5 Å². The quantitative estimate of drug-likeness (QED) is 0.784.